The summed E-state index contributed by atoms with van der Waals surface area (Å²) in [4.78, 5) is 0. The van der Waals surface area contributed by atoms with Crippen molar-refractivity contribution in [1.29, 1.82) is 0 Å². The highest BCUT2D eigenvalue weighted by atomic mass is 35.5. The predicted molar refractivity (Wildman–Crippen MR) is 72.9 cm³/mol. The molecule has 2 heterocycles. The molecule has 1 atom stereocenters. The number of rotatable bonds is 2. The van der Waals surface area contributed by atoms with E-state index in [9.17, 15) is 0 Å². The third-order valence-electron chi connectivity index (χ3n) is 3.11. The minimum atomic E-state index is 0. The summed E-state index contributed by atoms with van der Waals surface area (Å²) in [6.07, 6.45) is 4.36. The molecule has 1 saturated heterocycles. The first-order valence-corrected chi connectivity index (χ1v) is 5.82. The Kier molecular flexibility index (Phi) is 3.86. The Labute approximate surface area is 107 Å². The number of nitrogens with one attached hydrogen (secondary N) is 3. The van der Waals surface area contributed by atoms with E-state index in [2.05, 4.69) is 39.0 Å². The molecule has 4 nitrogen and oxygen atoms in total. The lowest BCUT2D eigenvalue weighted by Gasteiger charge is -2.24. The summed E-state index contributed by atoms with van der Waals surface area (Å²) in [6.45, 7) is 2.21. The first-order valence-electron chi connectivity index (χ1n) is 5.82. The number of piperidine rings is 1. The average molecular weight is 253 g/mol. The molecule has 1 aromatic carbocycles. The summed E-state index contributed by atoms with van der Waals surface area (Å²) in [5, 5.41) is 15.1. The predicted octanol–water partition coefficient (Wildman–Crippen LogP) is 2.15. The molecule has 0 amide bonds. The van der Waals surface area contributed by atoms with E-state index < -0.39 is 0 Å². The maximum atomic E-state index is 4.02. The van der Waals surface area contributed by atoms with E-state index in [1.807, 2.05) is 6.20 Å². The van der Waals surface area contributed by atoms with Crippen molar-refractivity contribution >= 4 is 29.0 Å². The summed E-state index contributed by atoms with van der Waals surface area (Å²) in [7, 11) is 0. The minimum absolute atomic E-state index is 0. The Balaban J connectivity index is 0.00000108. The average Bonchev–Trinajstić information content (AvgIpc) is 2.77. The van der Waals surface area contributed by atoms with Crippen LogP contribution in [-0.4, -0.2) is 29.3 Å². The Hall–Kier alpha value is -1.26. The monoisotopic (exact) mass is 252 g/mol. The Morgan fingerprint density at radius 3 is 3.12 bits per heavy atom. The lowest BCUT2D eigenvalue weighted by molar-refractivity contribution is 0.480. The van der Waals surface area contributed by atoms with Crippen molar-refractivity contribution in [3.05, 3.63) is 24.4 Å². The van der Waals surface area contributed by atoms with E-state index in [1.54, 1.807) is 0 Å². The minimum Gasteiger partial charge on any atom is -0.381 e. The number of H-pyrrole nitrogens is 1. The van der Waals surface area contributed by atoms with Crippen LogP contribution in [0.1, 0.15) is 12.8 Å². The number of nitrogens with zero attached hydrogens (tertiary/aromatic N) is 1. The molecule has 5 heteroatoms. The van der Waals surface area contributed by atoms with Crippen LogP contribution < -0.4 is 10.6 Å². The number of halogens is 1. The lowest BCUT2D eigenvalue weighted by atomic mass is 10.1. The second-order valence-corrected chi connectivity index (χ2v) is 4.36. The number of benzene rings is 1. The summed E-state index contributed by atoms with van der Waals surface area (Å²) in [5.74, 6) is 0. The second kappa shape index (κ2) is 5.38. The molecule has 0 saturated carbocycles. The van der Waals surface area contributed by atoms with E-state index in [0.717, 1.165) is 24.0 Å². The number of aromatic amines is 1. The largest absolute Gasteiger partial charge is 0.381 e. The van der Waals surface area contributed by atoms with Gasteiger partial charge >= 0.3 is 0 Å². The van der Waals surface area contributed by atoms with Gasteiger partial charge in [-0.25, -0.2) is 0 Å². The van der Waals surface area contributed by atoms with Gasteiger partial charge in [0.15, 0.2) is 0 Å². The van der Waals surface area contributed by atoms with Crippen LogP contribution in [0.2, 0.25) is 0 Å². The molecule has 1 aliphatic heterocycles. The number of hydrogen-bond donors (Lipinski definition) is 3. The maximum absolute atomic E-state index is 4.02. The molecular formula is C12H17ClN4. The van der Waals surface area contributed by atoms with Gasteiger partial charge in [-0.2, -0.15) is 5.10 Å². The fourth-order valence-electron chi connectivity index (χ4n) is 2.24. The molecule has 1 unspecified atom stereocenters. The lowest BCUT2D eigenvalue weighted by Crippen LogP contribution is -2.38. The van der Waals surface area contributed by atoms with Crippen molar-refractivity contribution in [3.63, 3.8) is 0 Å². The molecule has 2 aromatic rings. The second-order valence-electron chi connectivity index (χ2n) is 4.36. The third kappa shape index (κ3) is 2.70. The number of aromatic nitrogens is 2. The SMILES string of the molecule is Cl.c1cc2[nH]ncc2cc1NC1CCCNC1. The van der Waals surface area contributed by atoms with Crippen LogP contribution in [0.25, 0.3) is 10.9 Å². The van der Waals surface area contributed by atoms with Crippen LogP contribution >= 0.6 is 12.4 Å². The molecule has 92 valence electrons. The highest BCUT2D eigenvalue weighted by molar-refractivity contribution is 5.85. The number of hydrogen-bond acceptors (Lipinski definition) is 3. The van der Waals surface area contributed by atoms with E-state index in [-0.39, 0.29) is 12.4 Å². The number of anilines is 1. The van der Waals surface area contributed by atoms with E-state index in [0.29, 0.717) is 6.04 Å². The molecule has 1 fully saturated rings. The molecule has 0 bridgehead atoms. The van der Waals surface area contributed by atoms with Gasteiger partial charge in [0.1, 0.15) is 0 Å². The van der Waals surface area contributed by atoms with E-state index in [4.69, 9.17) is 0 Å². The summed E-state index contributed by atoms with van der Waals surface area (Å²) in [6, 6.07) is 6.88. The highest BCUT2D eigenvalue weighted by Gasteiger charge is 2.12. The molecule has 0 radical (unpaired) electrons. The van der Waals surface area contributed by atoms with E-state index in [1.165, 1.54) is 18.5 Å². The summed E-state index contributed by atoms with van der Waals surface area (Å²) in [5.41, 5.74) is 2.27. The van der Waals surface area contributed by atoms with Crippen LogP contribution in [-0.2, 0) is 0 Å². The van der Waals surface area contributed by atoms with Gasteiger partial charge in [0.05, 0.1) is 11.7 Å². The standard InChI is InChI=1S/C12H16N4.ClH/c1-2-11(8-13-5-1)15-10-3-4-12-9(6-10)7-14-16-12;/h3-4,6-7,11,13,15H,1-2,5,8H2,(H,14,16);1H. The van der Waals surface area contributed by atoms with Gasteiger partial charge in [0.25, 0.3) is 0 Å². The fraction of sp³-hybridized carbons (Fsp3) is 0.417. The Morgan fingerprint density at radius 1 is 1.35 bits per heavy atom. The summed E-state index contributed by atoms with van der Waals surface area (Å²) < 4.78 is 0. The molecule has 1 aromatic heterocycles. The van der Waals surface area contributed by atoms with Gasteiger partial charge in [-0.15, -0.1) is 12.4 Å². The zero-order valence-corrected chi connectivity index (χ0v) is 10.4. The van der Waals surface area contributed by atoms with Crippen molar-refractivity contribution in [2.45, 2.75) is 18.9 Å². The van der Waals surface area contributed by atoms with Crippen LogP contribution in [0.15, 0.2) is 24.4 Å². The normalized spacial score (nSPS) is 19.9. The topological polar surface area (TPSA) is 52.7 Å². The van der Waals surface area contributed by atoms with Crippen LogP contribution in [0.5, 0.6) is 0 Å². The molecule has 1 aliphatic rings. The van der Waals surface area contributed by atoms with Gasteiger partial charge in [0.2, 0.25) is 0 Å². The van der Waals surface area contributed by atoms with Gasteiger partial charge in [-0.3, -0.25) is 5.10 Å². The van der Waals surface area contributed by atoms with Crippen LogP contribution in [0.4, 0.5) is 5.69 Å². The van der Waals surface area contributed by atoms with Crippen molar-refractivity contribution in [2.75, 3.05) is 18.4 Å². The fourth-order valence-corrected chi connectivity index (χ4v) is 2.24. The molecular weight excluding hydrogens is 236 g/mol. The number of fused-ring (bicyclic) bond motifs is 1. The smallest absolute Gasteiger partial charge is 0.0651 e. The molecule has 17 heavy (non-hydrogen) atoms. The quantitative estimate of drug-likeness (QED) is 0.768. The zero-order chi connectivity index (χ0) is 10.8. The summed E-state index contributed by atoms with van der Waals surface area (Å²) >= 11 is 0. The Bertz CT molecular complexity index is 476. The van der Waals surface area contributed by atoms with Crippen molar-refractivity contribution in [3.8, 4) is 0 Å². The Morgan fingerprint density at radius 2 is 2.29 bits per heavy atom. The van der Waals surface area contributed by atoms with Crippen molar-refractivity contribution in [2.24, 2.45) is 0 Å². The van der Waals surface area contributed by atoms with Gasteiger partial charge < -0.3 is 10.6 Å². The first kappa shape index (κ1) is 12.2. The van der Waals surface area contributed by atoms with E-state index >= 15 is 0 Å². The van der Waals surface area contributed by atoms with Gasteiger partial charge in [-0.05, 0) is 37.6 Å². The van der Waals surface area contributed by atoms with Crippen LogP contribution in [0.3, 0.4) is 0 Å². The maximum Gasteiger partial charge on any atom is 0.0651 e. The molecule has 0 spiro atoms. The molecule has 3 rings (SSSR count). The van der Waals surface area contributed by atoms with Crippen molar-refractivity contribution < 1.29 is 0 Å². The van der Waals surface area contributed by atoms with Gasteiger partial charge in [-0.1, -0.05) is 0 Å². The van der Waals surface area contributed by atoms with Crippen LogP contribution in [0, 0.1) is 0 Å². The first-order chi connectivity index (χ1) is 7.92. The van der Waals surface area contributed by atoms with Gasteiger partial charge in [0, 0.05) is 23.7 Å². The third-order valence-corrected chi connectivity index (χ3v) is 3.11. The molecule has 0 aliphatic carbocycles. The highest BCUT2D eigenvalue weighted by Crippen LogP contribution is 2.18. The zero-order valence-electron chi connectivity index (χ0n) is 9.57. The molecule has 3 N–H and O–H groups in total. The van der Waals surface area contributed by atoms with Crippen molar-refractivity contribution in [1.82, 2.24) is 15.5 Å².